The summed E-state index contributed by atoms with van der Waals surface area (Å²) in [6.07, 6.45) is 0.201. The molecule has 3 rings (SSSR count). The van der Waals surface area contributed by atoms with Crippen molar-refractivity contribution in [3.63, 3.8) is 0 Å². The van der Waals surface area contributed by atoms with Crippen LogP contribution >= 0.6 is 22.9 Å². The van der Waals surface area contributed by atoms with Crippen LogP contribution < -0.4 is 11.1 Å². The first kappa shape index (κ1) is 15.8. The van der Waals surface area contributed by atoms with Crippen LogP contribution in [-0.2, 0) is 11.3 Å². The van der Waals surface area contributed by atoms with Gasteiger partial charge in [0.2, 0.25) is 5.91 Å². The molecule has 0 aliphatic carbocycles. The van der Waals surface area contributed by atoms with Crippen LogP contribution in [0.3, 0.4) is 0 Å². The van der Waals surface area contributed by atoms with Crippen molar-refractivity contribution in [2.24, 2.45) is 0 Å². The Kier molecular flexibility index (Phi) is 4.54. The Hall–Kier alpha value is -2.05. The highest BCUT2D eigenvalue weighted by molar-refractivity contribution is 7.10. The molecule has 0 aliphatic rings. The van der Waals surface area contributed by atoms with Crippen molar-refractivity contribution in [3.8, 4) is 0 Å². The van der Waals surface area contributed by atoms with Gasteiger partial charge in [-0.3, -0.25) is 9.36 Å². The molecule has 1 amide bonds. The molecule has 0 aliphatic heterocycles. The number of nitrogens with one attached hydrogen (secondary N) is 1. The van der Waals surface area contributed by atoms with E-state index in [1.54, 1.807) is 29.5 Å². The van der Waals surface area contributed by atoms with E-state index in [4.69, 9.17) is 16.0 Å². The molecule has 5 nitrogen and oxygen atoms in total. The van der Waals surface area contributed by atoms with Gasteiger partial charge >= 0.3 is 5.76 Å². The Labute approximate surface area is 141 Å². The van der Waals surface area contributed by atoms with Gasteiger partial charge < -0.3 is 9.73 Å². The number of amides is 1. The SMILES string of the molecule is C[C@H](NC(=O)CCn1c(=O)oc2cc(Cl)ccc21)c1cccs1. The Morgan fingerprint density at radius 3 is 3.00 bits per heavy atom. The minimum Gasteiger partial charge on any atom is -0.408 e. The fourth-order valence-corrected chi connectivity index (χ4v) is 3.28. The Morgan fingerprint density at radius 1 is 1.43 bits per heavy atom. The zero-order valence-corrected chi connectivity index (χ0v) is 14.0. The van der Waals surface area contributed by atoms with Crippen molar-refractivity contribution in [2.45, 2.75) is 25.9 Å². The molecule has 0 bridgehead atoms. The topological polar surface area (TPSA) is 64.2 Å². The fourth-order valence-electron chi connectivity index (χ4n) is 2.39. The predicted octanol–water partition coefficient (Wildman–Crippen LogP) is 3.58. The lowest BCUT2D eigenvalue weighted by molar-refractivity contribution is -0.121. The van der Waals surface area contributed by atoms with E-state index in [9.17, 15) is 9.59 Å². The molecule has 23 heavy (non-hydrogen) atoms. The van der Waals surface area contributed by atoms with Gasteiger partial charge in [-0.15, -0.1) is 11.3 Å². The van der Waals surface area contributed by atoms with Crippen molar-refractivity contribution >= 4 is 39.9 Å². The molecule has 0 saturated heterocycles. The van der Waals surface area contributed by atoms with E-state index in [1.165, 1.54) is 4.57 Å². The lowest BCUT2D eigenvalue weighted by atomic mass is 10.2. The highest BCUT2D eigenvalue weighted by atomic mass is 35.5. The van der Waals surface area contributed by atoms with E-state index < -0.39 is 5.76 Å². The molecular weight excluding hydrogens is 336 g/mol. The first-order chi connectivity index (χ1) is 11.0. The second kappa shape index (κ2) is 6.60. The summed E-state index contributed by atoms with van der Waals surface area (Å²) in [7, 11) is 0. The number of rotatable bonds is 5. The fraction of sp³-hybridized carbons (Fsp3) is 0.250. The number of hydrogen-bond donors (Lipinski definition) is 1. The summed E-state index contributed by atoms with van der Waals surface area (Å²) < 4.78 is 6.59. The Morgan fingerprint density at radius 2 is 2.26 bits per heavy atom. The number of halogens is 1. The van der Waals surface area contributed by atoms with E-state index in [0.717, 1.165) is 4.88 Å². The third-order valence-electron chi connectivity index (χ3n) is 3.54. The molecule has 0 unspecified atom stereocenters. The van der Waals surface area contributed by atoms with E-state index in [-0.39, 0.29) is 24.9 Å². The summed E-state index contributed by atoms with van der Waals surface area (Å²) in [4.78, 5) is 25.1. The summed E-state index contributed by atoms with van der Waals surface area (Å²) >= 11 is 7.48. The molecule has 0 fully saturated rings. The second-order valence-corrected chi connectivity index (χ2v) is 6.60. The van der Waals surface area contributed by atoms with Crippen molar-refractivity contribution < 1.29 is 9.21 Å². The number of fused-ring (bicyclic) bond motifs is 1. The number of aryl methyl sites for hydroxylation is 1. The summed E-state index contributed by atoms with van der Waals surface area (Å²) in [6.45, 7) is 2.20. The van der Waals surface area contributed by atoms with Crippen LogP contribution in [-0.4, -0.2) is 10.5 Å². The van der Waals surface area contributed by atoms with Crippen molar-refractivity contribution in [3.05, 3.63) is 56.2 Å². The molecule has 0 spiro atoms. The van der Waals surface area contributed by atoms with Crippen molar-refractivity contribution in [2.75, 3.05) is 0 Å². The lowest BCUT2D eigenvalue weighted by Crippen LogP contribution is -2.28. The second-order valence-electron chi connectivity index (χ2n) is 5.19. The number of aromatic nitrogens is 1. The molecule has 0 saturated carbocycles. The number of benzene rings is 1. The number of carbonyl (C=O) groups is 1. The van der Waals surface area contributed by atoms with Crippen LogP contribution in [0, 0.1) is 0 Å². The minimum atomic E-state index is -0.485. The third kappa shape index (κ3) is 3.48. The van der Waals surface area contributed by atoms with Gasteiger partial charge in [0, 0.05) is 28.9 Å². The van der Waals surface area contributed by atoms with Gasteiger partial charge in [-0.05, 0) is 30.5 Å². The zero-order chi connectivity index (χ0) is 16.4. The highest BCUT2D eigenvalue weighted by Gasteiger charge is 2.13. The monoisotopic (exact) mass is 350 g/mol. The molecule has 7 heteroatoms. The average Bonchev–Trinajstić information content (AvgIpc) is 3.12. The molecule has 0 radical (unpaired) electrons. The Bertz CT molecular complexity index is 883. The maximum absolute atomic E-state index is 12.1. The summed E-state index contributed by atoms with van der Waals surface area (Å²) in [5, 5.41) is 5.40. The largest absolute Gasteiger partial charge is 0.419 e. The van der Waals surface area contributed by atoms with Gasteiger partial charge in [-0.25, -0.2) is 4.79 Å². The Balaban J connectivity index is 1.67. The molecule has 1 atom stereocenters. The molecular formula is C16H15ClN2O3S. The summed E-state index contributed by atoms with van der Waals surface area (Å²) in [5.41, 5.74) is 1.06. The van der Waals surface area contributed by atoms with Crippen LogP contribution in [0.4, 0.5) is 0 Å². The molecule has 1 aromatic carbocycles. The van der Waals surface area contributed by atoms with Crippen molar-refractivity contribution in [1.82, 2.24) is 9.88 Å². The normalized spacial score (nSPS) is 12.4. The van der Waals surface area contributed by atoms with Gasteiger partial charge in [0.05, 0.1) is 11.6 Å². The minimum absolute atomic E-state index is 0.0425. The maximum atomic E-state index is 12.1. The van der Waals surface area contributed by atoms with E-state index in [0.29, 0.717) is 16.1 Å². The van der Waals surface area contributed by atoms with Crippen LogP contribution in [0.15, 0.2) is 44.9 Å². The highest BCUT2D eigenvalue weighted by Crippen LogP contribution is 2.19. The average molecular weight is 351 g/mol. The number of hydrogen-bond acceptors (Lipinski definition) is 4. The van der Waals surface area contributed by atoms with Crippen LogP contribution in [0.2, 0.25) is 5.02 Å². The first-order valence-corrected chi connectivity index (χ1v) is 8.42. The van der Waals surface area contributed by atoms with Crippen LogP contribution in [0.5, 0.6) is 0 Å². The molecule has 2 aromatic heterocycles. The summed E-state index contributed by atoms with van der Waals surface area (Å²) in [6, 6.07) is 8.88. The van der Waals surface area contributed by atoms with Gasteiger partial charge in [-0.2, -0.15) is 0 Å². The third-order valence-corrected chi connectivity index (χ3v) is 4.83. The smallest absolute Gasteiger partial charge is 0.408 e. The lowest BCUT2D eigenvalue weighted by Gasteiger charge is -2.12. The van der Waals surface area contributed by atoms with Gasteiger partial charge in [0.25, 0.3) is 0 Å². The van der Waals surface area contributed by atoms with E-state index >= 15 is 0 Å². The van der Waals surface area contributed by atoms with E-state index in [2.05, 4.69) is 5.32 Å². The van der Waals surface area contributed by atoms with Crippen molar-refractivity contribution in [1.29, 1.82) is 0 Å². The number of nitrogens with zero attached hydrogens (tertiary/aromatic N) is 1. The maximum Gasteiger partial charge on any atom is 0.419 e. The standard InChI is InChI=1S/C16H15ClN2O3S/c1-10(14-3-2-8-23-14)18-15(20)6-7-19-12-5-4-11(17)9-13(12)22-16(19)21/h2-5,8-10H,6-7H2,1H3,(H,18,20)/t10-/m0/s1. The van der Waals surface area contributed by atoms with Gasteiger partial charge in [0.1, 0.15) is 0 Å². The number of carbonyl (C=O) groups excluding carboxylic acids is 1. The van der Waals surface area contributed by atoms with Gasteiger partial charge in [0.15, 0.2) is 5.58 Å². The summed E-state index contributed by atoms with van der Waals surface area (Å²) in [5.74, 6) is -0.595. The van der Waals surface area contributed by atoms with Crippen LogP contribution in [0.1, 0.15) is 24.3 Å². The first-order valence-electron chi connectivity index (χ1n) is 7.16. The van der Waals surface area contributed by atoms with Crippen LogP contribution in [0.25, 0.3) is 11.1 Å². The quantitative estimate of drug-likeness (QED) is 0.765. The number of thiophene rings is 1. The molecule has 3 aromatic rings. The van der Waals surface area contributed by atoms with E-state index in [1.807, 2.05) is 24.4 Å². The zero-order valence-electron chi connectivity index (χ0n) is 12.4. The predicted molar refractivity (Wildman–Crippen MR) is 91.0 cm³/mol. The molecule has 120 valence electrons. The number of oxazole rings is 1. The van der Waals surface area contributed by atoms with Gasteiger partial charge in [-0.1, -0.05) is 17.7 Å². The molecule has 2 heterocycles. The molecule has 1 N–H and O–H groups in total.